The van der Waals surface area contributed by atoms with Gasteiger partial charge in [-0.05, 0) is 25.2 Å². The monoisotopic (exact) mass is 488 g/mol. The molecule has 0 unspecified atom stereocenters. The summed E-state index contributed by atoms with van der Waals surface area (Å²) in [6.07, 6.45) is -1.66. The molecule has 5 rings (SSSR count). The maximum atomic E-state index is 13.4. The standard InChI is InChI=1S/C21H22N6O.C2HF3O2/c1-24-10-12-26(13-11-24)20(28)18-14-17-19(27(18)21-22-8-5-9-23-21)15-6-3-4-7-16(15)25(17)2;3-2(4,5)1(6)7/h3-9,14H,10-13H2,1-2H3;(H,6,7). The van der Waals surface area contributed by atoms with Crippen molar-refractivity contribution in [3.05, 3.63) is 54.5 Å². The van der Waals surface area contributed by atoms with Gasteiger partial charge in [0.1, 0.15) is 5.69 Å². The highest BCUT2D eigenvalue weighted by Gasteiger charge is 2.38. The number of carboxylic acid groups (broad SMARTS) is 1. The Labute approximate surface area is 198 Å². The number of carbonyl (C=O) groups is 2. The smallest absolute Gasteiger partial charge is 0.475 e. The van der Waals surface area contributed by atoms with Crippen molar-refractivity contribution in [3.63, 3.8) is 0 Å². The first-order valence-electron chi connectivity index (χ1n) is 10.7. The van der Waals surface area contributed by atoms with Crippen LogP contribution in [0.1, 0.15) is 10.5 Å². The zero-order valence-corrected chi connectivity index (χ0v) is 19.0. The van der Waals surface area contributed by atoms with Crippen molar-refractivity contribution in [2.24, 2.45) is 7.05 Å². The molecule has 1 aliphatic heterocycles. The van der Waals surface area contributed by atoms with Crippen LogP contribution >= 0.6 is 0 Å². The van der Waals surface area contributed by atoms with Crippen LogP contribution in [0.3, 0.4) is 0 Å². The van der Waals surface area contributed by atoms with E-state index in [9.17, 15) is 18.0 Å². The zero-order valence-electron chi connectivity index (χ0n) is 19.0. The minimum atomic E-state index is -5.08. The first-order valence-corrected chi connectivity index (χ1v) is 10.7. The molecule has 4 aromatic rings. The van der Waals surface area contributed by atoms with Crippen molar-refractivity contribution in [3.8, 4) is 5.95 Å². The highest BCUT2D eigenvalue weighted by Crippen LogP contribution is 2.33. The lowest BCUT2D eigenvalue weighted by molar-refractivity contribution is -0.192. The molecule has 9 nitrogen and oxygen atoms in total. The number of fused-ring (bicyclic) bond motifs is 3. The fraction of sp³-hybridized carbons (Fsp3) is 0.304. The number of halogens is 3. The van der Waals surface area contributed by atoms with Crippen LogP contribution in [0, 0.1) is 0 Å². The molecule has 184 valence electrons. The van der Waals surface area contributed by atoms with Gasteiger partial charge < -0.3 is 19.5 Å². The van der Waals surface area contributed by atoms with Gasteiger partial charge in [0.15, 0.2) is 0 Å². The lowest BCUT2D eigenvalue weighted by atomic mass is 10.2. The van der Waals surface area contributed by atoms with Crippen molar-refractivity contribution >= 4 is 33.8 Å². The Bertz CT molecular complexity index is 1370. The molecule has 1 aromatic carbocycles. The van der Waals surface area contributed by atoms with E-state index in [4.69, 9.17) is 9.90 Å². The van der Waals surface area contributed by atoms with Crippen LogP contribution in [-0.2, 0) is 11.8 Å². The first kappa shape index (κ1) is 24.2. The number of nitrogens with zero attached hydrogens (tertiary/aromatic N) is 6. The van der Waals surface area contributed by atoms with Crippen LogP contribution in [0.2, 0.25) is 0 Å². The van der Waals surface area contributed by atoms with Gasteiger partial charge >= 0.3 is 12.1 Å². The van der Waals surface area contributed by atoms with Crippen LogP contribution < -0.4 is 0 Å². The van der Waals surface area contributed by atoms with E-state index >= 15 is 0 Å². The van der Waals surface area contributed by atoms with Crippen LogP contribution in [0.4, 0.5) is 13.2 Å². The highest BCUT2D eigenvalue weighted by molar-refractivity contribution is 6.10. The molecule has 4 heterocycles. The molecule has 0 spiro atoms. The molecule has 0 aliphatic carbocycles. The Hall–Kier alpha value is -3.93. The van der Waals surface area contributed by atoms with Gasteiger partial charge in [0.2, 0.25) is 5.95 Å². The Morgan fingerprint density at radius 1 is 0.943 bits per heavy atom. The molecule has 1 saturated heterocycles. The third-order valence-electron chi connectivity index (χ3n) is 5.87. The van der Waals surface area contributed by atoms with Crippen molar-refractivity contribution in [2.45, 2.75) is 6.18 Å². The van der Waals surface area contributed by atoms with Gasteiger partial charge in [-0.1, -0.05) is 18.2 Å². The molecule has 1 aliphatic rings. The number of carbonyl (C=O) groups excluding carboxylic acids is 1. The fourth-order valence-electron chi connectivity index (χ4n) is 4.05. The third-order valence-corrected chi connectivity index (χ3v) is 5.87. The summed E-state index contributed by atoms with van der Waals surface area (Å²) in [5, 5.41) is 8.21. The molecule has 1 fully saturated rings. The number of hydrogen-bond donors (Lipinski definition) is 1. The Kier molecular flexibility index (Phi) is 6.48. The number of amides is 1. The number of rotatable bonds is 2. The van der Waals surface area contributed by atoms with Crippen LogP contribution in [0.25, 0.3) is 27.9 Å². The summed E-state index contributed by atoms with van der Waals surface area (Å²) in [6, 6.07) is 12.0. The Morgan fingerprint density at radius 3 is 2.14 bits per heavy atom. The van der Waals surface area contributed by atoms with Crippen LogP contribution in [0.5, 0.6) is 0 Å². The summed E-state index contributed by atoms with van der Waals surface area (Å²) in [6.45, 7) is 3.23. The Morgan fingerprint density at radius 2 is 1.54 bits per heavy atom. The van der Waals surface area contributed by atoms with E-state index in [2.05, 4.69) is 38.6 Å². The lowest BCUT2D eigenvalue weighted by Gasteiger charge is -2.32. The number of carboxylic acids is 1. The summed E-state index contributed by atoms with van der Waals surface area (Å²) < 4.78 is 35.8. The lowest BCUT2D eigenvalue weighted by Crippen LogP contribution is -2.47. The number of piperazine rings is 1. The van der Waals surface area contributed by atoms with E-state index in [-0.39, 0.29) is 5.91 Å². The van der Waals surface area contributed by atoms with Gasteiger partial charge in [0.25, 0.3) is 5.91 Å². The predicted molar refractivity (Wildman–Crippen MR) is 122 cm³/mol. The summed E-state index contributed by atoms with van der Waals surface area (Å²) in [4.78, 5) is 35.4. The fourth-order valence-corrected chi connectivity index (χ4v) is 4.05. The summed E-state index contributed by atoms with van der Waals surface area (Å²) in [7, 11) is 4.12. The normalized spacial score (nSPS) is 14.7. The quantitative estimate of drug-likeness (QED) is 0.466. The molecule has 0 atom stereocenters. The van der Waals surface area contributed by atoms with Crippen molar-refractivity contribution < 1.29 is 27.9 Å². The van der Waals surface area contributed by atoms with E-state index in [1.165, 1.54) is 0 Å². The van der Waals surface area contributed by atoms with Gasteiger partial charge in [-0.15, -0.1) is 0 Å². The average Bonchev–Trinajstić information content (AvgIpc) is 3.36. The number of aromatic nitrogens is 4. The summed E-state index contributed by atoms with van der Waals surface area (Å²) in [5.74, 6) is -2.21. The minimum Gasteiger partial charge on any atom is -0.475 e. The van der Waals surface area contributed by atoms with Crippen LogP contribution in [0.15, 0.2) is 48.8 Å². The highest BCUT2D eigenvalue weighted by atomic mass is 19.4. The topological polar surface area (TPSA) is 96.5 Å². The summed E-state index contributed by atoms with van der Waals surface area (Å²) >= 11 is 0. The van der Waals surface area contributed by atoms with E-state index in [0.29, 0.717) is 11.6 Å². The van der Waals surface area contributed by atoms with Gasteiger partial charge in [-0.3, -0.25) is 9.36 Å². The molecule has 0 radical (unpaired) electrons. The number of alkyl halides is 3. The second-order valence-corrected chi connectivity index (χ2v) is 8.12. The van der Waals surface area contributed by atoms with Gasteiger partial charge in [0.05, 0.1) is 16.6 Å². The van der Waals surface area contributed by atoms with Crippen LogP contribution in [-0.4, -0.2) is 85.3 Å². The van der Waals surface area contributed by atoms with Gasteiger partial charge in [-0.25, -0.2) is 14.8 Å². The predicted octanol–water partition coefficient (Wildman–Crippen LogP) is 2.93. The molecule has 0 saturated carbocycles. The SMILES string of the molecule is CN1CCN(C(=O)c2cc3c(c4ccccc4n3C)n2-c2ncccn2)CC1.O=C(O)C(F)(F)F. The first-order chi connectivity index (χ1) is 16.6. The van der Waals surface area contributed by atoms with Crippen molar-refractivity contribution in [1.82, 2.24) is 28.9 Å². The molecular weight excluding hydrogens is 465 g/mol. The number of hydrogen-bond acceptors (Lipinski definition) is 5. The summed E-state index contributed by atoms with van der Waals surface area (Å²) in [5.41, 5.74) is 3.71. The molecule has 0 bridgehead atoms. The molecule has 12 heteroatoms. The second kappa shape index (κ2) is 9.37. The zero-order chi connectivity index (χ0) is 25.3. The number of benzene rings is 1. The Balaban J connectivity index is 0.000000364. The molecule has 1 amide bonds. The van der Waals surface area contributed by atoms with Crippen molar-refractivity contribution in [1.29, 1.82) is 0 Å². The van der Waals surface area contributed by atoms with Gasteiger partial charge in [-0.2, -0.15) is 13.2 Å². The maximum Gasteiger partial charge on any atom is 0.490 e. The van der Waals surface area contributed by atoms with E-state index < -0.39 is 12.1 Å². The number of aryl methyl sites for hydroxylation is 1. The van der Waals surface area contributed by atoms with E-state index in [1.807, 2.05) is 34.7 Å². The van der Waals surface area contributed by atoms with E-state index in [0.717, 1.165) is 48.1 Å². The average molecular weight is 488 g/mol. The van der Waals surface area contributed by atoms with Gasteiger partial charge in [0, 0.05) is 51.0 Å². The number of para-hydroxylation sites is 1. The number of aliphatic carboxylic acids is 1. The third kappa shape index (κ3) is 4.69. The molecule has 1 N–H and O–H groups in total. The molecular formula is C23H23F3N6O3. The van der Waals surface area contributed by atoms with E-state index in [1.54, 1.807) is 18.5 Å². The molecule has 3 aromatic heterocycles. The molecule has 35 heavy (non-hydrogen) atoms. The number of likely N-dealkylation sites (N-methyl/N-ethyl adjacent to an activating group) is 1. The second-order valence-electron chi connectivity index (χ2n) is 8.12. The maximum absolute atomic E-state index is 13.4. The largest absolute Gasteiger partial charge is 0.490 e. The van der Waals surface area contributed by atoms with Crippen molar-refractivity contribution in [2.75, 3.05) is 33.2 Å². The minimum absolute atomic E-state index is 0.0286.